The summed E-state index contributed by atoms with van der Waals surface area (Å²) in [5, 5.41) is 7.42. The van der Waals surface area contributed by atoms with Gasteiger partial charge in [0.25, 0.3) is 0 Å². The van der Waals surface area contributed by atoms with Crippen molar-refractivity contribution in [2.75, 3.05) is 7.05 Å². The smallest absolute Gasteiger partial charge is 0.406 e. The van der Waals surface area contributed by atoms with E-state index in [0.29, 0.717) is 6.42 Å². The first-order valence-corrected chi connectivity index (χ1v) is 7.38. The number of likely N-dealkylation sites (N-methyl/N-ethyl adjacent to an activating group) is 1. The molecule has 0 amide bonds. The zero-order valence-electron chi connectivity index (χ0n) is 11.7. The van der Waals surface area contributed by atoms with E-state index in [1.165, 1.54) is 23.3 Å². The Labute approximate surface area is 125 Å². The SMILES string of the molecule is CNC(Cc1ccc(OC(F)(F)F)cc1)c1cscc1C. The van der Waals surface area contributed by atoms with Gasteiger partial charge in [-0.05, 0) is 60.0 Å². The van der Waals surface area contributed by atoms with Gasteiger partial charge in [-0.3, -0.25) is 0 Å². The number of aryl methyl sites for hydroxylation is 1. The molecule has 0 spiro atoms. The average molecular weight is 315 g/mol. The van der Waals surface area contributed by atoms with Gasteiger partial charge in [-0.15, -0.1) is 13.2 Å². The van der Waals surface area contributed by atoms with Crippen LogP contribution >= 0.6 is 11.3 Å². The van der Waals surface area contributed by atoms with E-state index in [4.69, 9.17) is 0 Å². The molecular formula is C15H16F3NOS. The largest absolute Gasteiger partial charge is 0.573 e. The second-order valence-corrected chi connectivity index (χ2v) is 5.49. The highest BCUT2D eigenvalue weighted by atomic mass is 32.1. The number of alkyl halides is 3. The summed E-state index contributed by atoms with van der Waals surface area (Å²) in [6.45, 7) is 2.05. The highest BCUT2D eigenvalue weighted by Gasteiger charge is 2.30. The molecule has 0 saturated carbocycles. The van der Waals surface area contributed by atoms with Crippen molar-refractivity contribution in [3.05, 3.63) is 51.7 Å². The minimum Gasteiger partial charge on any atom is -0.406 e. The molecule has 0 fully saturated rings. The number of hydrogen-bond acceptors (Lipinski definition) is 3. The molecule has 1 N–H and O–H groups in total. The fourth-order valence-corrected chi connectivity index (χ4v) is 3.06. The number of thiophene rings is 1. The molecule has 1 atom stereocenters. The Morgan fingerprint density at radius 3 is 2.33 bits per heavy atom. The summed E-state index contributed by atoms with van der Waals surface area (Å²) in [5.41, 5.74) is 3.39. The van der Waals surface area contributed by atoms with Crippen molar-refractivity contribution < 1.29 is 17.9 Å². The molecule has 1 aromatic carbocycles. The van der Waals surface area contributed by atoms with Crippen molar-refractivity contribution in [3.63, 3.8) is 0 Å². The Hall–Kier alpha value is -1.53. The van der Waals surface area contributed by atoms with E-state index >= 15 is 0 Å². The lowest BCUT2D eigenvalue weighted by molar-refractivity contribution is -0.274. The van der Waals surface area contributed by atoms with E-state index < -0.39 is 6.36 Å². The van der Waals surface area contributed by atoms with Crippen molar-refractivity contribution in [2.45, 2.75) is 25.7 Å². The molecule has 2 nitrogen and oxygen atoms in total. The summed E-state index contributed by atoms with van der Waals surface area (Å²) in [6, 6.07) is 6.15. The molecule has 0 aliphatic rings. The quantitative estimate of drug-likeness (QED) is 0.879. The minimum atomic E-state index is -4.65. The topological polar surface area (TPSA) is 21.3 Å². The van der Waals surface area contributed by atoms with Gasteiger partial charge >= 0.3 is 6.36 Å². The molecular weight excluding hydrogens is 299 g/mol. The van der Waals surface area contributed by atoms with Crippen LogP contribution in [0.1, 0.15) is 22.7 Å². The van der Waals surface area contributed by atoms with Crippen molar-refractivity contribution in [1.29, 1.82) is 0 Å². The third-order valence-electron chi connectivity index (χ3n) is 3.22. The van der Waals surface area contributed by atoms with E-state index in [0.717, 1.165) is 5.56 Å². The normalized spacial score (nSPS) is 13.2. The Morgan fingerprint density at radius 1 is 1.19 bits per heavy atom. The van der Waals surface area contributed by atoms with E-state index in [-0.39, 0.29) is 11.8 Å². The maximum Gasteiger partial charge on any atom is 0.573 e. The molecule has 0 bridgehead atoms. The standard InChI is InChI=1S/C15H16F3NOS/c1-10-8-21-9-13(10)14(19-2)7-11-3-5-12(6-4-11)20-15(16,17)18/h3-6,8-9,14,19H,7H2,1-2H3. The molecule has 21 heavy (non-hydrogen) atoms. The molecule has 0 aliphatic heterocycles. The molecule has 2 aromatic rings. The van der Waals surface area contributed by atoms with Crippen LogP contribution in [0.3, 0.4) is 0 Å². The first kappa shape index (κ1) is 15.9. The summed E-state index contributed by atoms with van der Waals surface area (Å²) >= 11 is 1.64. The first-order valence-electron chi connectivity index (χ1n) is 6.43. The fourth-order valence-electron chi connectivity index (χ4n) is 2.16. The third-order valence-corrected chi connectivity index (χ3v) is 4.10. The summed E-state index contributed by atoms with van der Waals surface area (Å²) in [4.78, 5) is 0. The van der Waals surface area contributed by atoms with Gasteiger partial charge in [0.05, 0.1) is 0 Å². The predicted molar refractivity (Wildman–Crippen MR) is 77.7 cm³/mol. The van der Waals surface area contributed by atoms with Crippen molar-refractivity contribution in [1.82, 2.24) is 5.32 Å². The van der Waals surface area contributed by atoms with Crippen LogP contribution < -0.4 is 10.1 Å². The lowest BCUT2D eigenvalue weighted by Crippen LogP contribution is -2.19. The zero-order valence-corrected chi connectivity index (χ0v) is 12.5. The van der Waals surface area contributed by atoms with Gasteiger partial charge in [0, 0.05) is 6.04 Å². The maximum absolute atomic E-state index is 12.1. The number of benzene rings is 1. The molecule has 1 unspecified atom stereocenters. The summed E-state index contributed by atoms with van der Waals surface area (Å²) < 4.78 is 40.2. The summed E-state index contributed by atoms with van der Waals surface area (Å²) in [5.74, 6) is -0.195. The lowest BCUT2D eigenvalue weighted by atomic mass is 9.99. The number of ether oxygens (including phenoxy) is 1. The summed E-state index contributed by atoms with van der Waals surface area (Å²) in [7, 11) is 1.88. The number of halogens is 3. The fraction of sp³-hybridized carbons (Fsp3) is 0.333. The van der Waals surface area contributed by atoms with Crippen molar-refractivity contribution in [3.8, 4) is 5.75 Å². The van der Waals surface area contributed by atoms with E-state index in [1.807, 2.05) is 7.05 Å². The van der Waals surface area contributed by atoms with E-state index in [2.05, 4.69) is 27.7 Å². The molecule has 0 radical (unpaired) electrons. The van der Waals surface area contributed by atoms with Crippen molar-refractivity contribution in [2.24, 2.45) is 0 Å². The van der Waals surface area contributed by atoms with Crippen LogP contribution in [0.15, 0.2) is 35.0 Å². The molecule has 114 valence electrons. The van der Waals surface area contributed by atoms with Gasteiger partial charge < -0.3 is 10.1 Å². The van der Waals surface area contributed by atoms with Crippen molar-refractivity contribution >= 4 is 11.3 Å². The minimum absolute atomic E-state index is 0.144. The molecule has 2 rings (SSSR count). The van der Waals surface area contributed by atoms with Crippen LogP contribution in [-0.2, 0) is 6.42 Å². The van der Waals surface area contributed by atoms with Crippen LogP contribution in [-0.4, -0.2) is 13.4 Å². The van der Waals surface area contributed by atoms with E-state index in [9.17, 15) is 13.2 Å². The van der Waals surface area contributed by atoms with Crippen LogP contribution in [0.4, 0.5) is 13.2 Å². The van der Waals surface area contributed by atoms with Gasteiger partial charge in [-0.25, -0.2) is 0 Å². The predicted octanol–water partition coefficient (Wildman–Crippen LogP) is 4.46. The maximum atomic E-state index is 12.1. The zero-order chi connectivity index (χ0) is 15.5. The number of hydrogen-bond donors (Lipinski definition) is 1. The van der Waals surface area contributed by atoms with Gasteiger partial charge in [0.15, 0.2) is 0 Å². The van der Waals surface area contributed by atoms with Gasteiger partial charge in [-0.2, -0.15) is 11.3 Å². The molecule has 1 aromatic heterocycles. The second-order valence-electron chi connectivity index (χ2n) is 4.75. The average Bonchev–Trinajstić information content (AvgIpc) is 2.82. The van der Waals surface area contributed by atoms with Gasteiger partial charge in [0.2, 0.25) is 0 Å². The van der Waals surface area contributed by atoms with Crippen LogP contribution in [0.5, 0.6) is 5.75 Å². The third kappa shape index (κ3) is 4.47. The monoisotopic (exact) mass is 315 g/mol. The van der Waals surface area contributed by atoms with Crippen LogP contribution in [0.25, 0.3) is 0 Å². The van der Waals surface area contributed by atoms with E-state index in [1.54, 1.807) is 23.5 Å². The lowest BCUT2D eigenvalue weighted by Gasteiger charge is -2.17. The highest BCUT2D eigenvalue weighted by Crippen LogP contribution is 2.27. The Kier molecular flexibility index (Phi) is 4.90. The second kappa shape index (κ2) is 6.49. The van der Waals surface area contributed by atoms with Crippen LogP contribution in [0, 0.1) is 6.92 Å². The Balaban J connectivity index is 2.07. The summed E-state index contributed by atoms with van der Waals surface area (Å²) in [6.07, 6.45) is -3.94. The highest BCUT2D eigenvalue weighted by molar-refractivity contribution is 7.08. The molecule has 1 heterocycles. The number of rotatable bonds is 5. The molecule has 6 heteroatoms. The van der Waals surface area contributed by atoms with Crippen LogP contribution in [0.2, 0.25) is 0 Å². The number of nitrogens with one attached hydrogen (secondary N) is 1. The Morgan fingerprint density at radius 2 is 1.86 bits per heavy atom. The molecule has 0 aliphatic carbocycles. The van der Waals surface area contributed by atoms with Gasteiger partial charge in [0.1, 0.15) is 5.75 Å². The first-order chi connectivity index (χ1) is 9.89. The molecule has 0 saturated heterocycles. The Bertz CT molecular complexity index is 577. The van der Waals surface area contributed by atoms with Gasteiger partial charge in [-0.1, -0.05) is 12.1 Å².